The van der Waals surface area contributed by atoms with E-state index in [-0.39, 0.29) is 24.3 Å². The van der Waals surface area contributed by atoms with Crippen LogP contribution in [0, 0.1) is 5.92 Å². The first-order valence-electron chi connectivity index (χ1n) is 8.75. The maximum Gasteiger partial charge on any atom is 0.241 e. The van der Waals surface area contributed by atoms with Gasteiger partial charge >= 0.3 is 0 Å². The van der Waals surface area contributed by atoms with Crippen LogP contribution in [0.4, 0.5) is 0 Å². The van der Waals surface area contributed by atoms with Crippen molar-refractivity contribution in [2.75, 3.05) is 19.6 Å². The number of piperidine rings is 1. The number of hydrogen-bond donors (Lipinski definition) is 2. The van der Waals surface area contributed by atoms with Gasteiger partial charge in [0.15, 0.2) is 0 Å². The zero-order valence-corrected chi connectivity index (χ0v) is 14.9. The molecule has 0 saturated carbocycles. The molecule has 0 aromatic carbocycles. The lowest BCUT2D eigenvalue weighted by Gasteiger charge is -2.31. The average molecular weight is 335 g/mol. The summed E-state index contributed by atoms with van der Waals surface area (Å²) in [6.45, 7) is 8.17. The van der Waals surface area contributed by atoms with Gasteiger partial charge < -0.3 is 16.0 Å². The molecule has 1 aromatic rings. The summed E-state index contributed by atoms with van der Waals surface area (Å²) >= 11 is 0. The lowest BCUT2D eigenvalue weighted by molar-refractivity contribution is -0.134. The van der Waals surface area contributed by atoms with Crippen molar-refractivity contribution < 1.29 is 9.59 Å². The van der Waals surface area contributed by atoms with Crippen LogP contribution in [0.1, 0.15) is 45.1 Å². The normalized spacial score (nSPS) is 17.1. The van der Waals surface area contributed by atoms with Gasteiger partial charge in [-0.3, -0.25) is 14.3 Å². The van der Waals surface area contributed by atoms with Crippen molar-refractivity contribution in [3.63, 3.8) is 0 Å². The molecule has 0 spiro atoms. The van der Waals surface area contributed by atoms with Gasteiger partial charge in [0, 0.05) is 25.8 Å². The van der Waals surface area contributed by atoms with Crippen molar-refractivity contribution in [2.45, 2.75) is 52.1 Å². The van der Waals surface area contributed by atoms with E-state index in [1.807, 2.05) is 29.6 Å². The SMILES string of the molecule is CCn1cc(C2CCN(C(=O)CNC(=O)[C@@H](N)C(C)C)CC2)cn1. The Balaban J connectivity index is 1.77. The van der Waals surface area contributed by atoms with E-state index in [0.717, 1.165) is 19.4 Å². The Labute approximate surface area is 143 Å². The Kier molecular flexibility index (Phi) is 6.36. The maximum absolute atomic E-state index is 12.2. The number of likely N-dealkylation sites (tertiary alicyclic amines) is 1. The van der Waals surface area contributed by atoms with Crippen molar-refractivity contribution in [2.24, 2.45) is 11.7 Å². The third-order valence-corrected chi connectivity index (χ3v) is 4.73. The third-order valence-electron chi connectivity index (χ3n) is 4.73. The third kappa shape index (κ3) is 4.56. The highest BCUT2D eigenvalue weighted by Crippen LogP contribution is 2.27. The second-order valence-corrected chi connectivity index (χ2v) is 6.77. The molecule has 0 aliphatic carbocycles. The molecule has 3 N–H and O–H groups in total. The van der Waals surface area contributed by atoms with Crippen LogP contribution in [0.2, 0.25) is 0 Å². The quantitative estimate of drug-likeness (QED) is 0.800. The first-order chi connectivity index (χ1) is 11.4. The van der Waals surface area contributed by atoms with Crippen LogP contribution in [0.25, 0.3) is 0 Å². The van der Waals surface area contributed by atoms with Crippen LogP contribution in [0.15, 0.2) is 12.4 Å². The number of amides is 2. The fourth-order valence-corrected chi connectivity index (χ4v) is 2.92. The number of carbonyl (C=O) groups excluding carboxylic acids is 2. The van der Waals surface area contributed by atoms with Gasteiger partial charge in [-0.2, -0.15) is 5.10 Å². The monoisotopic (exact) mass is 335 g/mol. The molecular formula is C17H29N5O2. The van der Waals surface area contributed by atoms with E-state index < -0.39 is 6.04 Å². The minimum atomic E-state index is -0.571. The van der Waals surface area contributed by atoms with Crippen LogP contribution >= 0.6 is 0 Å². The average Bonchev–Trinajstić information content (AvgIpc) is 3.07. The second kappa shape index (κ2) is 8.28. The lowest BCUT2D eigenvalue weighted by atomic mass is 9.91. The first-order valence-corrected chi connectivity index (χ1v) is 8.75. The van der Waals surface area contributed by atoms with Crippen LogP contribution in [0.3, 0.4) is 0 Å². The van der Waals surface area contributed by atoms with E-state index in [1.165, 1.54) is 5.56 Å². The molecule has 134 valence electrons. The number of rotatable bonds is 6. The van der Waals surface area contributed by atoms with Crippen LogP contribution in [-0.4, -0.2) is 52.2 Å². The van der Waals surface area contributed by atoms with E-state index in [1.54, 1.807) is 0 Å². The predicted octanol–water partition coefficient (Wildman–Crippen LogP) is 0.709. The highest BCUT2D eigenvalue weighted by atomic mass is 16.2. The molecule has 1 aliphatic rings. The first kappa shape index (κ1) is 18.4. The Morgan fingerprint density at radius 1 is 1.38 bits per heavy atom. The number of nitrogens with two attached hydrogens (primary N) is 1. The van der Waals surface area contributed by atoms with Gasteiger partial charge in [-0.15, -0.1) is 0 Å². The van der Waals surface area contributed by atoms with Crippen LogP contribution < -0.4 is 11.1 Å². The summed E-state index contributed by atoms with van der Waals surface area (Å²) in [6, 6.07) is -0.571. The topological polar surface area (TPSA) is 93.2 Å². The summed E-state index contributed by atoms with van der Waals surface area (Å²) in [4.78, 5) is 25.9. The fourth-order valence-electron chi connectivity index (χ4n) is 2.92. The number of nitrogens with one attached hydrogen (secondary N) is 1. The summed E-state index contributed by atoms with van der Waals surface area (Å²) in [6.07, 6.45) is 5.88. The van der Waals surface area contributed by atoms with Gasteiger partial charge in [0.2, 0.25) is 11.8 Å². The van der Waals surface area contributed by atoms with E-state index in [9.17, 15) is 9.59 Å². The standard InChI is InChI=1S/C17H29N5O2/c1-4-22-11-14(9-20-22)13-5-7-21(8-6-13)15(23)10-19-17(24)16(18)12(2)3/h9,11-13,16H,4-8,10,18H2,1-3H3,(H,19,24)/t16-/m0/s1. The van der Waals surface area contributed by atoms with Crippen molar-refractivity contribution in [3.8, 4) is 0 Å². The minimum absolute atomic E-state index is 0.0255. The number of carbonyl (C=O) groups is 2. The molecular weight excluding hydrogens is 306 g/mol. The van der Waals surface area contributed by atoms with Gasteiger partial charge in [-0.05, 0) is 37.2 Å². The van der Waals surface area contributed by atoms with Crippen LogP contribution in [0.5, 0.6) is 0 Å². The summed E-state index contributed by atoms with van der Waals surface area (Å²) in [5, 5.41) is 6.97. The van der Waals surface area contributed by atoms with E-state index in [4.69, 9.17) is 5.73 Å². The smallest absolute Gasteiger partial charge is 0.241 e. The molecule has 0 bridgehead atoms. The van der Waals surface area contributed by atoms with Gasteiger partial charge in [-0.1, -0.05) is 13.8 Å². The predicted molar refractivity (Wildman–Crippen MR) is 92.3 cm³/mol. The van der Waals surface area contributed by atoms with Crippen LogP contribution in [-0.2, 0) is 16.1 Å². The molecule has 0 radical (unpaired) electrons. The van der Waals surface area contributed by atoms with Crippen molar-refractivity contribution in [1.82, 2.24) is 20.0 Å². The fraction of sp³-hybridized carbons (Fsp3) is 0.706. The Morgan fingerprint density at radius 2 is 2.04 bits per heavy atom. The molecule has 2 rings (SSSR count). The summed E-state index contributed by atoms with van der Waals surface area (Å²) < 4.78 is 1.93. The number of aryl methyl sites for hydroxylation is 1. The summed E-state index contributed by atoms with van der Waals surface area (Å²) in [5.41, 5.74) is 7.03. The molecule has 1 fully saturated rings. The van der Waals surface area contributed by atoms with Crippen molar-refractivity contribution >= 4 is 11.8 Å². The molecule has 1 saturated heterocycles. The molecule has 1 atom stereocenters. The number of hydrogen-bond acceptors (Lipinski definition) is 4. The zero-order chi connectivity index (χ0) is 17.7. The Bertz CT molecular complexity index is 561. The zero-order valence-electron chi connectivity index (χ0n) is 14.9. The molecule has 1 aliphatic heterocycles. The molecule has 2 heterocycles. The molecule has 7 heteroatoms. The molecule has 0 unspecified atom stereocenters. The highest BCUT2D eigenvalue weighted by molar-refractivity contribution is 5.87. The Hall–Kier alpha value is -1.89. The highest BCUT2D eigenvalue weighted by Gasteiger charge is 2.25. The largest absolute Gasteiger partial charge is 0.346 e. The van der Waals surface area contributed by atoms with E-state index >= 15 is 0 Å². The van der Waals surface area contributed by atoms with E-state index in [2.05, 4.69) is 23.5 Å². The van der Waals surface area contributed by atoms with Crippen molar-refractivity contribution in [3.05, 3.63) is 18.0 Å². The number of nitrogens with zero attached hydrogens (tertiary/aromatic N) is 3. The molecule has 24 heavy (non-hydrogen) atoms. The van der Waals surface area contributed by atoms with Gasteiger partial charge in [0.1, 0.15) is 0 Å². The number of aromatic nitrogens is 2. The second-order valence-electron chi connectivity index (χ2n) is 6.77. The van der Waals surface area contributed by atoms with Gasteiger partial charge in [0.25, 0.3) is 0 Å². The molecule has 1 aromatic heterocycles. The van der Waals surface area contributed by atoms with Gasteiger partial charge in [0.05, 0.1) is 18.8 Å². The summed E-state index contributed by atoms with van der Waals surface area (Å²) in [5.74, 6) is 0.209. The van der Waals surface area contributed by atoms with E-state index in [0.29, 0.717) is 19.0 Å². The Morgan fingerprint density at radius 3 is 2.58 bits per heavy atom. The van der Waals surface area contributed by atoms with Crippen molar-refractivity contribution in [1.29, 1.82) is 0 Å². The maximum atomic E-state index is 12.2. The lowest BCUT2D eigenvalue weighted by Crippen LogP contribution is -2.49. The minimum Gasteiger partial charge on any atom is -0.346 e. The molecule has 2 amide bonds. The van der Waals surface area contributed by atoms with Gasteiger partial charge in [-0.25, -0.2) is 0 Å². The summed E-state index contributed by atoms with van der Waals surface area (Å²) in [7, 11) is 0. The molecule has 7 nitrogen and oxygen atoms in total.